The Hall–Kier alpha value is -2.63. The molecule has 0 saturated carbocycles. The molecule has 0 aliphatic carbocycles. The molecule has 1 N–H and O–H groups in total. The molecule has 2 rings (SSSR count). The number of carboxylic acid groups (broad SMARTS) is 1. The van der Waals surface area contributed by atoms with Gasteiger partial charge in [0.2, 0.25) is 0 Å². The van der Waals surface area contributed by atoms with Crippen LogP contribution in [0.4, 0.5) is 4.39 Å². The molecule has 0 bridgehead atoms. The van der Waals surface area contributed by atoms with Gasteiger partial charge in [-0.25, -0.2) is 4.39 Å². The molecule has 0 aliphatic heterocycles. The summed E-state index contributed by atoms with van der Waals surface area (Å²) in [7, 11) is 0. The molecule has 2 aromatic rings. The van der Waals surface area contributed by atoms with Crippen molar-refractivity contribution in [3.05, 3.63) is 48.0 Å². The van der Waals surface area contributed by atoms with Crippen molar-refractivity contribution in [3.8, 4) is 11.3 Å². The van der Waals surface area contributed by atoms with Gasteiger partial charge >= 0.3 is 5.97 Å². The van der Waals surface area contributed by atoms with Crippen molar-refractivity contribution in [2.45, 2.75) is 13.3 Å². The Balaban J connectivity index is 2.20. The van der Waals surface area contributed by atoms with Gasteiger partial charge in [-0.3, -0.25) is 9.59 Å². The number of benzene rings is 1. The van der Waals surface area contributed by atoms with Gasteiger partial charge in [0, 0.05) is 12.1 Å². The molecule has 0 aliphatic rings. The smallest absolute Gasteiger partial charge is 0.323 e. The van der Waals surface area contributed by atoms with E-state index in [2.05, 4.69) is 0 Å². The number of halogens is 1. The Morgan fingerprint density at radius 2 is 1.86 bits per heavy atom. The number of carbonyl (C=O) groups excluding carboxylic acids is 1. The van der Waals surface area contributed by atoms with Crippen LogP contribution in [0.3, 0.4) is 0 Å². The molecule has 0 radical (unpaired) electrons. The highest BCUT2D eigenvalue weighted by atomic mass is 19.1. The molecule has 6 heteroatoms. The van der Waals surface area contributed by atoms with Crippen LogP contribution in [-0.4, -0.2) is 35.0 Å². The van der Waals surface area contributed by atoms with Crippen molar-refractivity contribution >= 4 is 11.9 Å². The number of carboxylic acids is 1. The number of amides is 1. The quantitative estimate of drug-likeness (QED) is 0.890. The summed E-state index contributed by atoms with van der Waals surface area (Å²) in [5, 5.41) is 8.86. The van der Waals surface area contributed by atoms with Crippen LogP contribution in [-0.2, 0) is 4.79 Å². The van der Waals surface area contributed by atoms with E-state index in [1.165, 1.54) is 23.1 Å². The van der Waals surface area contributed by atoms with Crippen molar-refractivity contribution in [2.24, 2.45) is 0 Å². The molecular formula is C16H16FNO4. The standard InChI is InChI=1S/C16H16FNO4/c1-2-9-18(10-15(19)20)16(21)14-8-7-13(22-14)11-3-5-12(17)6-4-11/h3-8H,2,9-10H2,1H3,(H,19,20). The summed E-state index contributed by atoms with van der Waals surface area (Å²) in [5.41, 5.74) is 0.640. The minimum atomic E-state index is -1.08. The zero-order valence-corrected chi connectivity index (χ0v) is 12.1. The van der Waals surface area contributed by atoms with E-state index < -0.39 is 11.9 Å². The molecule has 0 unspecified atom stereocenters. The molecule has 5 nitrogen and oxygen atoms in total. The molecule has 0 atom stereocenters. The first kappa shape index (κ1) is 15.8. The zero-order chi connectivity index (χ0) is 16.1. The fourth-order valence-electron chi connectivity index (χ4n) is 2.06. The predicted octanol–water partition coefficient (Wildman–Crippen LogP) is 3.02. The number of hydrogen-bond donors (Lipinski definition) is 1. The largest absolute Gasteiger partial charge is 0.480 e. The second-order valence-corrected chi connectivity index (χ2v) is 4.79. The molecule has 1 amide bonds. The number of carbonyl (C=O) groups is 2. The van der Waals surface area contributed by atoms with Crippen molar-refractivity contribution < 1.29 is 23.5 Å². The summed E-state index contributed by atoms with van der Waals surface area (Å²) in [4.78, 5) is 24.3. The fraction of sp³-hybridized carbons (Fsp3) is 0.250. The van der Waals surface area contributed by atoms with Crippen LogP contribution in [0.5, 0.6) is 0 Å². The number of aliphatic carboxylic acids is 1. The lowest BCUT2D eigenvalue weighted by molar-refractivity contribution is -0.137. The Bertz CT molecular complexity index is 663. The lowest BCUT2D eigenvalue weighted by Gasteiger charge is -2.18. The molecule has 1 heterocycles. The van der Waals surface area contributed by atoms with Crippen molar-refractivity contribution in [1.29, 1.82) is 0 Å². The van der Waals surface area contributed by atoms with Gasteiger partial charge in [-0.1, -0.05) is 6.92 Å². The fourth-order valence-corrected chi connectivity index (χ4v) is 2.06. The molecule has 0 spiro atoms. The molecule has 0 fully saturated rings. The van der Waals surface area contributed by atoms with E-state index in [0.29, 0.717) is 24.3 Å². The summed E-state index contributed by atoms with van der Waals surface area (Å²) < 4.78 is 18.4. The SMILES string of the molecule is CCCN(CC(=O)O)C(=O)c1ccc(-c2ccc(F)cc2)o1. The Morgan fingerprint density at radius 3 is 2.45 bits per heavy atom. The number of nitrogens with zero attached hydrogens (tertiary/aromatic N) is 1. The Kier molecular flexibility index (Phi) is 4.93. The number of hydrogen-bond acceptors (Lipinski definition) is 3. The third-order valence-corrected chi connectivity index (χ3v) is 3.05. The van der Waals surface area contributed by atoms with Gasteiger partial charge < -0.3 is 14.4 Å². The van der Waals surface area contributed by atoms with Gasteiger partial charge in [-0.15, -0.1) is 0 Å². The van der Waals surface area contributed by atoms with Crippen LogP contribution >= 0.6 is 0 Å². The van der Waals surface area contributed by atoms with Gasteiger partial charge in [0.05, 0.1) is 0 Å². The zero-order valence-electron chi connectivity index (χ0n) is 12.1. The van der Waals surface area contributed by atoms with Crippen LogP contribution < -0.4 is 0 Å². The third-order valence-electron chi connectivity index (χ3n) is 3.05. The van der Waals surface area contributed by atoms with E-state index in [0.717, 1.165) is 0 Å². The Morgan fingerprint density at radius 1 is 1.18 bits per heavy atom. The van der Waals surface area contributed by atoms with E-state index in [9.17, 15) is 14.0 Å². The first-order valence-electron chi connectivity index (χ1n) is 6.88. The molecular weight excluding hydrogens is 289 g/mol. The minimum Gasteiger partial charge on any atom is -0.480 e. The highest BCUT2D eigenvalue weighted by Crippen LogP contribution is 2.23. The van der Waals surface area contributed by atoms with Crippen LogP contribution in [0.2, 0.25) is 0 Å². The van der Waals surface area contributed by atoms with Crippen LogP contribution in [0.25, 0.3) is 11.3 Å². The van der Waals surface area contributed by atoms with Gasteiger partial charge in [0.25, 0.3) is 5.91 Å². The molecule has 1 aromatic carbocycles. The van der Waals surface area contributed by atoms with E-state index in [-0.39, 0.29) is 18.1 Å². The highest BCUT2D eigenvalue weighted by molar-refractivity contribution is 5.94. The van der Waals surface area contributed by atoms with Crippen LogP contribution in [0.1, 0.15) is 23.9 Å². The maximum absolute atomic E-state index is 12.9. The van der Waals surface area contributed by atoms with E-state index in [1.807, 2.05) is 6.92 Å². The normalized spacial score (nSPS) is 10.5. The van der Waals surface area contributed by atoms with E-state index in [1.54, 1.807) is 18.2 Å². The molecule has 0 saturated heterocycles. The summed E-state index contributed by atoms with van der Waals surface area (Å²) in [6.45, 7) is 1.81. The van der Waals surface area contributed by atoms with Gasteiger partial charge in [0.15, 0.2) is 5.76 Å². The lowest BCUT2D eigenvalue weighted by atomic mass is 10.2. The Labute approximate surface area is 127 Å². The third kappa shape index (κ3) is 3.72. The lowest BCUT2D eigenvalue weighted by Crippen LogP contribution is -2.36. The average molecular weight is 305 g/mol. The summed E-state index contributed by atoms with van der Waals surface area (Å²) in [6, 6.07) is 8.78. The topological polar surface area (TPSA) is 70.8 Å². The summed E-state index contributed by atoms with van der Waals surface area (Å²) >= 11 is 0. The van der Waals surface area contributed by atoms with Gasteiger partial charge in [-0.2, -0.15) is 0 Å². The number of furan rings is 1. The average Bonchev–Trinajstić information content (AvgIpc) is 2.96. The van der Waals surface area contributed by atoms with Crippen LogP contribution in [0, 0.1) is 5.82 Å². The number of rotatable bonds is 6. The molecule has 116 valence electrons. The van der Waals surface area contributed by atoms with E-state index in [4.69, 9.17) is 9.52 Å². The molecule has 1 aromatic heterocycles. The summed E-state index contributed by atoms with van der Waals surface area (Å²) in [5.74, 6) is -1.42. The van der Waals surface area contributed by atoms with E-state index >= 15 is 0 Å². The molecule has 22 heavy (non-hydrogen) atoms. The minimum absolute atomic E-state index is 0.0639. The predicted molar refractivity (Wildman–Crippen MR) is 77.9 cm³/mol. The maximum atomic E-state index is 12.9. The van der Waals surface area contributed by atoms with Crippen molar-refractivity contribution in [3.63, 3.8) is 0 Å². The van der Waals surface area contributed by atoms with Gasteiger partial charge in [0.1, 0.15) is 18.1 Å². The second kappa shape index (κ2) is 6.89. The van der Waals surface area contributed by atoms with Crippen LogP contribution in [0.15, 0.2) is 40.8 Å². The monoisotopic (exact) mass is 305 g/mol. The van der Waals surface area contributed by atoms with Crippen molar-refractivity contribution in [1.82, 2.24) is 4.90 Å². The maximum Gasteiger partial charge on any atom is 0.323 e. The van der Waals surface area contributed by atoms with Gasteiger partial charge in [-0.05, 0) is 42.8 Å². The first-order chi connectivity index (χ1) is 10.5. The first-order valence-corrected chi connectivity index (χ1v) is 6.88. The van der Waals surface area contributed by atoms with Crippen molar-refractivity contribution in [2.75, 3.05) is 13.1 Å². The summed E-state index contributed by atoms with van der Waals surface area (Å²) in [6.07, 6.45) is 0.643. The second-order valence-electron chi connectivity index (χ2n) is 4.79. The highest BCUT2D eigenvalue weighted by Gasteiger charge is 2.21.